The maximum absolute atomic E-state index is 11.8. The normalized spacial score (nSPS) is 11.4. The highest BCUT2D eigenvalue weighted by Crippen LogP contribution is 2.12. The minimum absolute atomic E-state index is 0.167. The summed E-state index contributed by atoms with van der Waals surface area (Å²) in [4.78, 5) is 12.5. The molecule has 0 fully saturated rings. The highest BCUT2D eigenvalue weighted by Gasteiger charge is 2.06. The van der Waals surface area contributed by atoms with Crippen LogP contribution in [0, 0.1) is 13.8 Å². The fourth-order valence-electron chi connectivity index (χ4n) is 1.78. The van der Waals surface area contributed by atoms with Gasteiger partial charge in [-0.15, -0.1) is 11.3 Å². The number of hydrogen-bond donors (Lipinski definition) is 1. The van der Waals surface area contributed by atoms with Crippen molar-refractivity contribution < 1.29 is 4.79 Å². The molecule has 2 aromatic rings. The number of carbonyl (C=O) groups is 1. The average molecular weight is 272 g/mol. The lowest BCUT2D eigenvalue weighted by atomic mass is 10.0. The van der Waals surface area contributed by atoms with Crippen LogP contribution < -0.4 is 5.43 Å². The zero-order chi connectivity index (χ0) is 13.8. The first kappa shape index (κ1) is 13.5. The third kappa shape index (κ3) is 3.29. The molecule has 98 valence electrons. The predicted molar refractivity (Wildman–Crippen MR) is 79.9 cm³/mol. The van der Waals surface area contributed by atoms with E-state index in [1.807, 2.05) is 32.2 Å². The van der Waals surface area contributed by atoms with E-state index < -0.39 is 0 Å². The molecule has 0 atom stereocenters. The van der Waals surface area contributed by atoms with Crippen molar-refractivity contribution in [2.45, 2.75) is 20.8 Å². The molecule has 4 heteroatoms. The van der Waals surface area contributed by atoms with Crippen molar-refractivity contribution in [2.75, 3.05) is 0 Å². The molecule has 0 spiro atoms. The summed E-state index contributed by atoms with van der Waals surface area (Å²) in [5.41, 5.74) is 6.79. The molecule has 1 N–H and O–H groups in total. The van der Waals surface area contributed by atoms with Gasteiger partial charge in [-0.25, -0.2) is 5.43 Å². The SMILES string of the molecule is C/C(=N\NC(=O)c1cccs1)c1cc(C)ccc1C. The molecule has 0 saturated carbocycles. The third-order valence-corrected chi connectivity index (χ3v) is 3.72. The number of nitrogens with zero attached hydrogens (tertiary/aromatic N) is 1. The van der Waals surface area contributed by atoms with Crippen LogP contribution in [-0.4, -0.2) is 11.6 Å². The highest BCUT2D eigenvalue weighted by molar-refractivity contribution is 7.12. The Morgan fingerprint density at radius 2 is 2.05 bits per heavy atom. The van der Waals surface area contributed by atoms with Crippen molar-refractivity contribution in [3.05, 3.63) is 57.3 Å². The molecule has 0 unspecified atom stereocenters. The van der Waals surface area contributed by atoms with Crippen LogP contribution in [0.5, 0.6) is 0 Å². The standard InChI is InChI=1S/C15H16N2OS/c1-10-6-7-11(2)13(9-10)12(3)16-17-15(18)14-5-4-8-19-14/h4-9H,1-3H3,(H,17,18)/b16-12+. The second-order valence-corrected chi connectivity index (χ2v) is 5.38. The van der Waals surface area contributed by atoms with E-state index in [1.54, 1.807) is 6.07 Å². The molecule has 0 radical (unpaired) electrons. The lowest BCUT2D eigenvalue weighted by molar-refractivity contribution is 0.0959. The number of hydrazone groups is 1. The Morgan fingerprint density at radius 3 is 2.74 bits per heavy atom. The topological polar surface area (TPSA) is 41.5 Å². The summed E-state index contributed by atoms with van der Waals surface area (Å²) in [6, 6.07) is 9.83. The van der Waals surface area contributed by atoms with Gasteiger partial charge < -0.3 is 0 Å². The Kier molecular flexibility index (Phi) is 4.12. The van der Waals surface area contributed by atoms with Gasteiger partial charge in [-0.3, -0.25) is 4.79 Å². The number of amides is 1. The highest BCUT2D eigenvalue weighted by atomic mass is 32.1. The van der Waals surface area contributed by atoms with E-state index >= 15 is 0 Å². The van der Waals surface area contributed by atoms with Gasteiger partial charge in [-0.2, -0.15) is 5.10 Å². The molecule has 3 nitrogen and oxygen atoms in total. The van der Waals surface area contributed by atoms with Crippen LogP contribution in [0.2, 0.25) is 0 Å². The number of nitrogens with one attached hydrogen (secondary N) is 1. The van der Waals surface area contributed by atoms with Gasteiger partial charge in [0.1, 0.15) is 0 Å². The summed E-state index contributed by atoms with van der Waals surface area (Å²) in [5.74, 6) is -0.167. The number of rotatable bonds is 3. The molecule has 0 aliphatic rings. The molecular formula is C15H16N2OS. The lowest BCUT2D eigenvalue weighted by Crippen LogP contribution is -2.18. The average Bonchev–Trinajstić information content (AvgIpc) is 2.92. The van der Waals surface area contributed by atoms with Crippen LogP contribution >= 0.6 is 11.3 Å². The summed E-state index contributed by atoms with van der Waals surface area (Å²) >= 11 is 1.40. The van der Waals surface area contributed by atoms with Gasteiger partial charge >= 0.3 is 0 Å². The van der Waals surface area contributed by atoms with Crippen LogP contribution in [-0.2, 0) is 0 Å². The Hall–Kier alpha value is -1.94. The molecule has 0 aliphatic heterocycles. The summed E-state index contributed by atoms with van der Waals surface area (Å²) in [6.45, 7) is 5.98. The lowest BCUT2D eigenvalue weighted by Gasteiger charge is -2.06. The number of benzene rings is 1. The summed E-state index contributed by atoms with van der Waals surface area (Å²) in [6.07, 6.45) is 0. The van der Waals surface area contributed by atoms with Crippen LogP contribution in [0.15, 0.2) is 40.8 Å². The van der Waals surface area contributed by atoms with Gasteiger partial charge in [0, 0.05) is 5.56 Å². The van der Waals surface area contributed by atoms with E-state index in [-0.39, 0.29) is 5.91 Å². The number of carbonyl (C=O) groups excluding carboxylic acids is 1. The number of hydrogen-bond acceptors (Lipinski definition) is 3. The van der Waals surface area contributed by atoms with Crippen molar-refractivity contribution in [2.24, 2.45) is 5.10 Å². The quantitative estimate of drug-likeness (QED) is 0.674. The maximum atomic E-state index is 11.8. The molecule has 1 aromatic heterocycles. The largest absolute Gasteiger partial charge is 0.281 e. The molecule has 1 heterocycles. The van der Waals surface area contributed by atoms with Gasteiger partial charge in [-0.05, 0) is 43.8 Å². The van der Waals surface area contributed by atoms with E-state index in [2.05, 4.69) is 28.7 Å². The molecule has 1 aromatic carbocycles. The van der Waals surface area contributed by atoms with Gasteiger partial charge in [0.2, 0.25) is 0 Å². The van der Waals surface area contributed by atoms with Crippen molar-refractivity contribution >= 4 is 23.0 Å². The van der Waals surface area contributed by atoms with E-state index in [1.165, 1.54) is 16.9 Å². The van der Waals surface area contributed by atoms with Gasteiger partial charge in [0.15, 0.2) is 0 Å². The fraction of sp³-hybridized carbons (Fsp3) is 0.200. The van der Waals surface area contributed by atoms with Gasteiger partial charge in [0.05, 0.1) is 10.6 Å². The summed E-state index contributed by atoms with van der Waals surface area (Å²) in [7, 11) is 0. The Morgan fingerprint density at radius 1 is 1.26 bits per heavy atom. The zero-order valence-corrected chi connectivity index (χ0v) is 12.0. The maximum Gasteiger partial charge on any atom is 0.281 e. The molecule has 1 amide bonds. The van der Waals surface area contributed by atoms with Crippen LogP contribution in [0.1, 0.15) is 33.3 Å². The second-order valence-electron chi connectivity index (χ2n) is 4.43. The van der Waals surface area contributed by atoms with E-state index in [0.717, 1.165) is 16.8 Å². The molecule has 2 rings (SSSR count). The molecule has 0 saturated heterocycles. The molecular weight excluding hydrogens is 256 g/mol. The number of aryl methyl sites for hydroxylation is 2. The van der Waals surface area contributed by atoms with Crippen molar-refractivity contribution in [3.63, 3.8) is 0 Å². The van der Waals surface area contributed by atoms with Crippen LogP contribution in [0.3, 0.4) is 0 Å². The molecule has 0 bridgehead atoms. The van der Waals surface area contributed by atoms with Gasteiger partial charge in [0.25, 0.3) is 5.91 Å². The van der Waals surface area contributed by atoms with Crippen molar-refractivity contribution in [1.29, 1.82) is 0 Å². The first-order valence-electron chi connectivity index (χ1n) is 6.03. The summed E-state index contributed by atoms with van der Waals surface area (Å²) in [5, 5.41) is 6.05. The fourth-order valence-corrected chi connectivity index (χ4v) is 2.40. The third-order valence-electron chi connectivity index (χ3n) is 2.85. The van der Waals surface area contributed by atoms with Crippen molar-refractivity contribution in [3.8, 4) is 0 Å². The predicted octanol–water partition coefficient (Wildman–Crippen LogP) is 3.52. The monoisotopic (exact) mass is 272 g/mol. The first-order chi connectivity index (χ1) is 9.08. The minimum atomic E-state index is -0.167. The second kappa shape index (κ2) is 5.80. The first-order valence-corrected chi connectivity index (χ1v) is 6.91. The van der Waals surface area contributed by atoms with E-state index in [4.69, 9.17) is 0 Å². The molecule has 19 heavy (non-hydrogen) atoms. The smallest absolute Gasteiger partial charge is 0.266 e. The van der Waals surface area contributed by atoms with E-state index in [0.29, 0.717) is 4.88 Å². The number of thiophene rings is 1. The Bertz CT molecular complexity index is 615. The zero-order valence-electron chi connectivity index (χ0n) is 11.2. The Labute approximate surface area is 117 Å². The van der Waals surface area contributed by atoms with Crippen molar-refractivity contribution in [1.82, 2.24) is 5.43 Å². The van der Waals surface area contributed by atoms with Crippen LogP contribution in [0.4, 0.5) is 0 Å². The Balaban J connectivity index is 2.15. The molecule has 0 aliphatic carbocycles. The summed E-state index contributed by atoms with van der Waals surface area (Å²) < 4.78 is 0. The van der Waals surface area contributed by atoms with Crippen LogP contribution in [0.25, 0.3) is 0 Å². The van der Waals surface area contributed by atoms with E-state index in [9.17, 15) is 4.79 Å². The minimum Gasteiger partial charge on any atom is -0.266 e. The van der Waals surface area contributed by atoms with Gasteiger partial charge in [-0.1, -0.05) is 23.8 Å².